The first kappa shape index (κ1) is 18.8. The standard InChI is InChI=1S/C17H25F3N2O2/c1-2-21(12-17(18,19)20)16(24)14-9-6-10-22(11-14)15(23)13-7-4-3-5-8-13/h3-4,13-14H,2,5-12H2,1H3/t13-,14+/m0/s1. The number of carbonyl (C=O) groups is 2. The van der Waals surface area contributed by atoms with Crippen LogP contribution >= 0.6 is 0 Å². The van der Waals surface area contributed by atoms with Crippen LogP contribution < -0.4 is 0 Å². The van der Waals surface area contributed by atoms with E-state index in [0.29, 0.717) is 25.8 Å². The first-order chi connectivity index (χ1) is 11.3. The van der Waals surface area contributed by atoms with Crippen molar-refractivity contribution in [3.8, 4) is 0 Å². The molecular weight excluding hydrogens is 321 g/mol. The van der Waals surface area contributed by atoms with Crippen molar-refractivity contribution in [2.75, 3.05) is 26.2 Å². The van der Waals surface area contributed by atoms with Crippen molar-refractivity contribution in [1.29, 1.82) is 0 Å². The van der Waals surface area contributed by atoms with Gasteiger partial charge in [0, 0.05) is 25.6 Å². The van der Waals surface area contributed by atoms with Crippen LogP contribution in [0.5, 0.6) is 0 Å². The SMILES string of the molecule is CCN(CC(F)(F)F)C(=O)[C@@H]1CCCN(C(=O)[C@H]2CC=CCC2)C1. The summed E-state index contributed by atoms with van der Waals surface area (Å²) in [5.41, 5.74) is 0. The van der Waals surface area contributed by atoms with Gasteiger partial charge in [0.15, 0.2) is 0 Å². The first-order valence-corrected chi connectivity index (χ1v) is 8.61. The molecule has 1 heterocycles. The number of hydrogen-bond acceptors (Lipinski definition) is 2. The molecular formula is C17H25F3N2O2. The molecule has 0 N–H and O–H groups in total. The number of amides is 2. The van der Waals surface area contributed by atoms with Gasteiger partial charge in [0.2, 0.25) is 11.8 Å². The van der Waals surface area contributed by atoms with E-state index >= 15 is 0 Å². The number of halogens is 3. The zero-order chi connectivity index (χ0) is 17.7. The molecule has 2 amide bonds. The third-order valence-electron chi connectivity index (χ3n) is 4.76. The Bertz CT molecular complexity index is 491. The largest absolute Gasteiger partial charge is 0.406 e. The van der Waals surface area contributed by atoms with E-state index < -0.39 is 24.5 Å². The minimum atomic E-state index is -4.40. The Kier molecular flexibility index (Phi) is 6.29. The lowest BCUT2D eigenvalue weighted by Gasteiger charge is -2.36. The van der Waals surface area contributed by atoms with Crippen LogP contribution in [0.25, 0.3) is 0 Å². The number of allylic oxidation sites excluding steroid dienone is 2. The van der Waals surface area contributed by atoms with E-state index in [1.165, 1.54) is 0 Å². The highest BCUT2D eigenvalue weighted by Gasteiger charge is 2.37. The third kappa shape index (κ3) is 4.98. The quantitative estimate of drug-likeness (QED) is 0.734. The number of alkyl halides is 3. The molecule has 1 aliphatic carbocycles. The van der Waals surface area contributed by atoms with Gasteiger partial charge in [-0.05, 0) is 39.0 Å². The number of likely N-dealkylation sites (tertiary alicyclic amines) is 1. The highest BCUT2D eigenvalue weighted by Crippen LogP contribution is 2.26. The van der Waals surface area contributed by atoms with Crippen LogP contribution in [-0.4, -0.2) is 54.0 Å². The lowest BCUT2D eigenvalue weighted by molar-refractivity contribution is -0.165. The Hall–Kier alpha value is -1.53. The summed E-state index contributed by atoms with van der Waals surface area (Å²) in [5.74, 6) is -1.03. The van der Waals surface area contributed by atoms with Gasteiger partial charge in [-0.1, -0.05) is 12.2 Å². The van der Waals surface area contributed by atoms with Crippen LogP contribution in [0.4, 0.5) is 13.2 Å². The monoisotopic (exact) mass is 346 g/mol. The second-order valence-electron chi connectivity index (χ2n) is 6.57. The molecule has 1 aliphatic heterocycles. The van der Waals surface area contributed by atoms with Gasteiger partial charge in [-0.3, -0.25) is 9.59 Å². The fourth-order valence-corrected chi connectivity index (χ4v) is 3.48. The molecule has 0 radical (unpaired) electrons. The van der Waals surface area contributed by atoms with Crippen molar-refractivity contribution >= 4 is 11.8 Å². The van der Waals surface area contributed by atoms with Crippen molar-refractivity contribution in [1.82, 2.24) is 9.80 Å². The van der Waals surface area contributed by atoms with E-state index in [2.05, 4.69) is 6.08 Å². The van der Waals surface area contributed by atoms with Crippen LogP contribution in [0.1, 0.15) is 39.0 Å². The van der Waals surface area contributed by atoms with Crippen LogP contribution in [-0.2, 0) is 9.59 Å². The normalized spacial score (nSPS) is 24.8. The Morgan fingerprint density at radius 2 is 1.96 bits per heavy atom. The average molecular weight is 346 g/mol. The average Bonchev–Trinajstić information content (AvgIpc) is 2.58. The lowest BCUT2D eigenvalue weighted by Crippen LogP contribution is -2.49. The summed E-state index contributed by atoms with van der Waals surface area (Å²) in [5, 5.41) is 0. The van der Waals surface area contributed by atoms with Gasteiger partial charge in [-0.25, -0.2) is 0 Å². The molecule has 0 aromatic rings. The maximum Gasteiger partial charge on any atom is 0.406 e. The Labute approximate surface area is 140 Å². The Morgan fingerprint density at radius 1 is 1.21 bits per heavy atom. The predicted octanol–water partition coefficient (Wildman–Crippen LogP) is 2.99. The molecule has 2 atom stereocenters. The summed E-state index contributed by atoms with van der Waals surface area (Å²) in [6.07, 6.45) is 3.26. The summed E-state index contributed by atoms with van der Waals surface area (Å²) in [6.45, 7) is 1.18. The molecule has 0 aromatic heterocycles. The third-order valence-corrected chi connectivity index (χ3v) is 4.76. The Balaban J connectivity index is 1.97. The second-order valence-corrected chi connectivity index (χ2v) is 6.57. The highest BCUT2D eigenvalue weighted by molar-refractivity contribution is 5.82. The molecule has 0 aromatic carbocycles. The molecule has 24 heavy (non-hydrogen) atoms. The molecule has 7 heteroatoms. The Morgan fingerprint density at radius 3 is 2.54 bits per heavy atom. The van der Waals surface area contributed by atoms with E-state index in [0.717, 1.165) is 17.7 Å². The van der Waals surface area contributed by atoms with E-state index in [1.807, 2.05) is 6.08 Å². The lowest BCUT2D eigenvalue weighted by atomic mass is 9.90. The van der Waals surface area contributed by atoms with Crippen molar-refractivity contribution < 1.29 is 22.8 Å². The van der Waals surface area contributed by atoms with E-state index in [4.69, 9.17) is 0 Å². The molecule has 1 fully saturated rings. The number of nitrogens with zero attached hydrogens (tertiary/aromatic N) is 2. The summed E-state index contributed by atoms with van der Waals surface area (Å²) in [7, 11) is 0. The molecule has 0 saturated carbocycles. The fraction of sp³-hybridized carbons (Fsp3) is 0.765. The fourth-order valence-electron chi connectivity index (χ4n) is 3.48. The zero-order valence-corrected chi connectivity index (χ0v) is 14.0. The van der Waals surface area contributed by atoms with Gasteiger partial charge in [0.25, 0.3) is 0 Å². The summed E-state index contributed by atoms with van der Waals surface area (Å²) in [6, 6.07) is 0. The molecule has 136 valence electrons. The van der Waals surface area contributed by atoms with E-state index in [9.17, 15) is 22.8 Å². The van der Waals surface area contributed by atoms with Gasteiger partial charge in [-0.2, -0.15) is 13.2 Å². The van der Waals surface area contributed by atoms with Crippen molar-refractivity contribution in [2.24, 2.45) is 11.8 Å². The van der Waals surface area contributed by atoms with Gasteiger partial charge >= 0.3 is 6.18 Å². The van der Waals surface area contributed by atoms with Crippen LogP contribution in [0, 0.1) is 11.8 Å². The highest BCUT2D eigenvalue weighted by atomic mass is 19.4. The van der Waals surface area contributed by atoms with Gasteiger partial charge < -0.3 is 9.80 Å². The number of hydrogen-bond donors (Lipinski definition) is 0. The van der Waals surface area contributed by atoms with Crippen molar-refractivity contribution in [2.45, 2.75) is 45.2 Å². The minimum Gasteiger partial charge on any atom is -0.342 e. The van der Waals surface area contributed by atoms with Gasteiger partial charge in [-0.15, -0.1) is 0 Å². The molecule has 2 rings (SSSR count). The van der Waals surface area contributed by atoms with Crippen LogP contribution in [0.3, 0.4) is 0 Å². The number of rotatable bonds is 4. The molecule has 0 bridgehead atoms. The molecule has 0 unspecified atom stereocenters. The minimum absolute atomic E-state index is 0.0240. The molecule has 4 nitrogen and oxygen atoms in total. The zero-order valence-electron chi connectivity index (χ0n) is 14.0. The second kappa shape index (κ2) is 8.03. The first-order valence-electron chi connectivity index (χ1n) is 8.61. The summed E-state index contributed by atoms with van der Waals surface area (Å²) >= 11 is 0. The van der Waals surface area contributed by atoms with Gasteiger partial charge in [0.1, 0.15) is 6.54 Å². The van der Waals surface area contributed by atoms with E-state index in [1.54, 1.807) is 11.8 Å². The van der Waals surface area contributed by atoms with Gasteiger partial charge in [0.05, 0.1) is 5.92 Å². The smallest absolute Gasteiger partial charge is 0.342 e. The maximum absolute atomic E-state index is 12.6. The number of carbonyl (C=O) groups excluding carboxylic acids is 2. The maximum atomic E-state index is 12.6. The van der Waals surface area contributed by atoms with Crippen molar-refractivity contribution in [3.05, 3.63) is 12.2 Å². The van der Waals surface area contributed by atoms with Crippen molar-refractivity contribution in [3.63, 3.8) is 0 Å². The molecule has 0 spiro atoms. The van der Waals surface area contributed by atoms with Crippen LogP contribution in [0.2, 0.25) is 0 Å². The van der Waals surface area contributed by atoms with E-state index in [-0.39, 0.29) is 24.9 Å². The summed E-state index contributed by atoms with van der Waals surface area (Å²) in [4.78, 5) is 27.5. The van der Waals surface area contributed by atoms with Crippen LogP contribution in [0.15, 0.2) is 12.2 Å². The molecule has 2 aliphatic rings. The predicted molar refractivity (Wildman–Crippen MR) is 84.1 cm³/mol. The topological polar surface area (TPSA) is 40.6 Å². The molecule has 1 saturated heterocycles. The number of piperidine rings is 1. The summed E-state index contributed by atoms with van der Waals surface area (Å²) < 4.78 is 37.8.